The van der Waals surface area contributed by atoms with Gasteiger partial charge >= 0.3 is 0 Å². The summed E-state index contributed by atoms with van der Waals surface area (Å²) in [5, 5.41) is 6.73. The fraction of sp³-hybridized carbons (Fsp3) is 0.0698. The SMILES string of the molecule is C\C1=c2/c(n(-c3ccc4c5c(cccc35)-c3ccccc3-4)c3ccccc23)=C2/Cc3ccccc3/C2=C\c2ccccc2C1. The molecule has 0 aliphatic heterocycles. The molecule has 0 unspecified atom stereocenters. The molecule has 0 saturated heterocycles. The van der Waals surface area contributed by atoms with Gasteiger partial charge in [-0.3, -0.25) is 0 Å². The third-order valence-corrected chi connectivity index (χ3v) is 10.2. The average Bonchev–Trinajstić information content (AvgIpc) is 3.71. The first kappa shape index (κ1) is 24.1. The number of aromatic nitrogens is 1. The Morgan fingerprint density at radius 3 is 2.05 bits per heavy atom. The Balaban J connectivity index is 1.42. The van der Waals surface area contributed by atoms with E-state index in [9.17, 15) is 0 Å². The van der Waals surface area contributed by atoms with E-state index in [1.165, 1.54) is 99.2 Å². The lowest BCUT2D eigenvalue weighted by Crippen LogP contribution is -2.33. The summed E-state index contributed by atoms with van der Waals surface area (Å²) < 4.78 is 2.60. The molecule has 1 heteroatoms. The minimum absolute atomic E-state index is 0.924. The quantitative estimate of drug-likeness (QED) is 0.189. The molecule has 1 heterocycles. The number of nitrogens with zero attached hydrogens (tertiary/aromatic N) is 1. The third-order valence-electron chi connectivity index (χ3n) is 10.2. The molecule has 0 saturated carbocycles. The summed E-state index contributed by atoms with van der Waals surface area (Å²) >= 11 is 0. The molecule has 3 aliphatic carbocycles. The molecule has 0 radical (unpaired) electrons. The Kier molecular flexibility index (Phi) is 4.82. The fourth-order valence-corrected chi connectivity index (χ4v) is 8.32. The zero-order valence-electron chi connectivity index (χ0n) is 24.6. The van der Waals surface area contributed by atoms with Gasteiger partial charge in [0.05, 0.1) is 16.6 Å². The summed E-state index contributed by atoms with van der Waals surface area (Å²) in [5.74, 6) is 0. The van der Waals surface area contributed by atoms with Crippen LogP contribution in [0.15, 0.2) is 127 Å². The molecule has 0 spiro atoms. The first-order valence-corrected chi connectivity index (χ1v) is 15.6. The Morgan fingerprint density at radius 2 is 1.18 bits per heavy atom. The summed E-state index contributed by atoms with van der Waals surface area (Å²) in [7, 11) is 0. The fourth-order valence-electron chi connectivity index (χ4n) is 8.32. The molecule has 7 aromatic rings. The van der Waals surface area contributed by atoms with E-state index in [-0.39, 0.29) is 0 Å². The van der Waals surface area contributed by atoms with E-state index in [1.54, 1.807) is 0 Å². The lowest BCUT2D eigenvalue weighted by Gasteiger charge is -2.14. The standard InChI is InChI=1S/C43H29N/c1-26-23-27-11-2-3-12-28(27)24-37-30-14-5-4-13-29(30)25-38(37)43-41(26)35-17-8-9-20-39(35)44(43)40-22-21-34-32-16-7-6-15-31(32)33-18-10-19-36(40)42(33)34/h2-22,24H,23,25H2,1H3/b37-24+,41-26+,43-38+. The normalized spacial score (nSPS) is 18.0. The number of benzene rings is 6. The summed E-state index contributed by atoms with van der Waals surface area (Å²) in [4.78, 5) is 0. The topological polar surface area (TPSA) is 4.93 Å². The largest absolute Gasteiger partial charge is 0.308 e. The van der Waals surface area contributed by atoms with Crippen LogP contribution in [0.5, 0.6) is 0 Å². The molecule has 0 amide bonds. The van der Waals surface area contributed by atoms with Crippen LogP contribution >= 0.6 is 0 Å². The molecule has 1 nitrogen and oxygen atoms in total. The smallest absolute Gasteiger partial charge is 0.0582 e. The van der Waals surface area contributed by atoms with Crippen LogP contribution in [-0.2, 0) is 12.8 Å². The molecular formula is C43H29N. The van der Waals surface area contributed by atoms with Crippen LogP contribution in [0.1, 0.15) is 29.2 Å². The van der Waals surface area contributed by atoms with Crippen molar-refractivity contribution < 1.29 is 0 Å². The van der Waals surface area contributed by atoms with Crippen LogP contribution in [0.4, 0.5) is 0 Å². The second kappa shape index (κ2) is 8.81. The minimum Gasteiger partial charge on any atom is -0.308 e. The van der Waals surface area contributed by atoms with Crippen molar-refractivity contribution >= 4 is 44.5 Å². The van der Waals surface area contributed by atoms with Crippen LogP contribution in [0.25, 0.3) is 72.4 Å². The summed E-state index contributed by atoms with van der Waals surface area (Å²) in [6.07, 6.45) is 4.31. The van der Waals surface area contributed by atoms with Crippen molar-refractivity contribution in [2.24, 2.45) is 0 Å². The highest BCUT2D eigenvalue weighted by molar-refractivity contribution is 6.18. The summed E-state index contributed by atoms with van der Waals surface area (Å²) in [5.41, 5.74) is 17.5. The first-order chi connectivity index (χ1) is 21.8. The van der Waals surface area contributed by atoms with E-state index in [0.717, 1.165) is 12.8 Å². The highest BCUT2D eigenvalue weighted by atomic mass is 15.0. The number of allylic oxidation sites excluding steroid dienone is 1. The monoisotopic (exact) mass is 559 g/mol. The number of fused-ring (bicyclic) bond motifs is 10. The van der Waals surface area contributed by atoms with Gasteiger partial charge in [0.25, 0.3) is 0 Å². The van der Waals surface area contributed by atoms with Crippen LogP contribution in [0, 0.1) is 0 Å². The molecule has 0 atom stereocenters. The van der Waals surface area contributed by atoms with E-state index in [2.05, 4.69) is 145 Å². The van der Waals surface area contributed by atoms with E-state index in [1.807, 2.05) is 0 Å². The zero-order valence-corrected chi connectivity index (χ0v) is 24.6. The van der Waals surface area contributed by atoms with Crippen LogP contribution in [-0.4, -0.2) is 4.57 Å². The predicted molar refractivity (Wildman–Crippen MR) is 185 cm³/mol. The van der Waals surface area contributed by atoms with E-state index in [4.69, 9.17) is 0 Å². The van der Waals surface area contributed by atoms with Crippen molar-refractivity contribution in [1.82, 2.24) is 4.57 Å². The van der Waals surface area contributed by atoms with E-state index < -0.39 is 0 Å². The van der Waals surface area contributed by atoms with E-state index in [0.29, 0.717) is 0 Å². The van der Waals surface area contributed by atoms with Crippen LogP contribution in [0.2, 0.25) is 0 Å². The molecule has 3 aliphatic rings. The van der Waals surface area contributed by atoms with Gasteiger partial charge in [0.15, 0.2) is 0 Å². The van der Waals surface area contributed by atoms with Gasteiger partial charge in [0.1, 0.15) is 0 Å². The van der Waals surface area contributed by atoms with Gasteiger partial charge < -0.3 is 4.57 Å². The van der Waals surface area contributed by atoms with Crippen molar-refractivity contribution in [3.8, 4) is 27.9 Å². The van der Waals surface area contributed by atoms with Gasteiger partial charge in [-0.2, -0.15) is 0 Å². The van der Waals surface area contributed by atoms with Gasteiger partial charge in [0, 0.05) is 22.4 Å². The zero-order chi connectivity index (χ0) is 28.9. The second-order valence-electron chi connectivity index (χ2n) is 12.5. The molecule has 0 fully saturated rings. The average molecular weight is 560 g/mol. The molecular weight excluding hydrogens is 530 g/mol. The highest BCUT2D eigenvalue weighted by Gasteiger charge is 2.28. The van der Waals surface area contributed by atoms with Gasteiger partial charge in [-0.25, -0.2) is 0 Å². The summed E-state index contributed by atoms with van der Waals surface area (Å²) in [6.45, 7) is 2.35. The molecule has 6 aromatic carbocycles. The van der Waals surface area contributed by atoms with Crippen LogP contribution in [0.3, 0.4) is 0 Å². The first-order valence-electron chi connectivity index (χ1n) is 15.6. The highest BCUT2D eigenvalue weighted by Crippen LogP contribution is 2.48. The maximum absolute atomic E-state index is 2.60. The van der Waals surface area contributed by atoms with E-state index >= 15 is 0 Å². The Labute approximate surface area is 256 Å². The molecule has 0 bridgehead atoms. The predicted octanol–water partition coefficient (Wildman–Crippen LogP) is 9.11. The molecule has 0 N–H and O–H groups in total. The van der Waals surface area contributed by atoms with Crippen molar-refractivity contribution in [2.45, 2.75) is 19.8 Å². The Morgan fingerprint density at radius 1 is 0.523 bits per heavy atom. The van der Waals surface area contributed by atoms with Crippen molar-refractivity contribution in [3.05, 3.63) is 160 Å². The third kappa shape index (κ3) is 3.14. The minimum atomic E-state index is 0.924. The second-order valence-corrected chi connectivity index (χ2v) is 12.5. The lowest BCUT2D eigenvalue weighted by molar-refractivity contribution is 1.06. The maximum Gasteiger partial charge on any atom is 0.0582 e. The van der Waals surface area contributed by atoms with Gasteiger partial charge in [-0.05, 0) is 92.6 Å². The number of hydrogen-bond acceptors (Lipinski definition) is 0. The number of rotatable bonds is 1. The Bertz CT molecular complexity index is 2520. The summed E-state index contributed by atoms with van der Waals surface area (Å²) in [6, 6.07) is 47.5. The van der Waals surface area contributed by atoms with Gasteiger partial charge in [0.2, 0.25) is 0 Å². The van der Waals surface area contributed by atoms with Crippen molar-refractivity contribution in [1.29, 1.82) is 0 Å². The number of hydrogen-bond donors (Lipinski definition) is 0. The van der Waals surface area contributed by atoms with Gasteiger partial charge in [-0.1, -0.05) is 121 Å². The van der Waals surface area contributed by atoms with Gasteiger partial charge in [-0.15, -0.1) is 0 Å². The number of para-hydroxylation sites is 1. The van der Waals surface area contributed by atoms with Crippen LogP contribution < -0.4 is 10.6 Å². The molecule has 44 heavy (non-hydrogen) atoms. The van der Waals surface area contributed by atoms with Crippen molar-refractivity contribution in [2.75, 3.05) is 0 Å². The maximum atomic E-state index is 2.60. The van der Waals surface area contributed by atoms with Crippen molar-refractivity contribution in [3.63, 3.8) is 0 Å². The molecule has 10 rings (SSSR count). The molecule has 206 valence electrons. The Hall–Kier alpha value is -5.40. The molecule has 1 aromatic heterocycles. The lowest BCUT2D eigenvalue weighted by atomic mass is 9.97.